The summed E-state index contributed by atoms with van der Waals surface area (Å²) < 4.78 is 15.3. The van der Waals surface area contributed by atoms with Gasteiger partial charge in [-0.15, -0.1) is 0 Å². The van der Waals surface area contributed by atoms with Crippen LogP contribution in [-0.2, 0) is 19.1 Å². The standard InChI is InChI=1S/C21H19N3O5/c1-21(2)28-19(25)15(20(26)29-21)11-22-13-6-4-12(5-7-13)18-23-16-9-8-14(27-3)10-17(16)24-18/h4-11,22H,1-3H3,(H,23,24). The predicted octanol–water partition coefficient (Wildman–Crippen LogP) is 3.37. The van der Waals surface area contributed by atoms with Gasteiger partial charge in [0.15, 0.2) is 5.57 Å². The molecule has 4 rings (SSSR count). The van der Waals surface area contributed by atoms with Gasteiger partial charge >= 0.3 is 11.9 Å². The van der Waals surface area contributed by atoms with Crippen molar-refractivity contribution in [1.82, 2.24) is 9.97 Å². The van der Waals surface area contributed by atoms with Gasteiger partial charge in [-0.25, -0.2) is 14.6 Å². The fraction of sp³-hybridized carbons (Fsp3) is 0.190. The first-order valence-corrected chi connectivity index (χ1v) is 8.92. The number of rotatable bonds is 4. The summed E-state index contributed by atoms with van der Waals surface area (Å²) in [5, 5.41) is 2.91. The summed E-state index contributed by atoms with van der Waals surface area (Å²) in [7, 11) is 1.62. The van der Waals surface area contributed by atoms with Crippen molar-refractivity contribution in [2.45, 2.75) is 19.6 Å². The van der Waals surface area contributed by atoms with E-state index in [-0.39, 0.29) is 5.57 Å². The molecule has 0 aliphatic carbocycles. The van der Waals surface area contributed by atoms with Crippen LogP contribution in [0.4, 0.5) is 5.69 Å². The fourth-order valence-electron chi connectivity index (χ4n) is 2.91. The topological polar surface area (TPSA) is 103 Å². The Balaban J connectivity index is 1.51. The van der Waals surface area contributed by atoms with Crippen LogP contribution >= 0.6 is 0 Å². The number of imidazole rings is 1. The van der Waals surface area contributed by atoms with Crippen molar-refractivity contribution in [2.75, 3.05) is 12.4 Å². The normalized spacial score (nSPS) is 15.6. The SMILES string of the molecule is COc1ccc2nc(-c3ccc(NC=C4C(=O)OC(C)(C)OC4=O)cc3)[nH]c2c1. The van der Waals surface area contributed by atoms with E-state index in [9.17, 15) is 9.59 Å². The number of carbonyl (C=O) groups excluding carboxylic acids is 2. The Labute approximate surface area is 166 Å². The summed E-state index contributed by atoms with van der Waals surface area (Å²) in [6.45, 7) is 3.00. The third kappa shape index (κ3) is 3.77. The number of nitrogens with zero attached hydrogens (tertiary/aromatic N) is 1. The zero-order valence-corrected chi connectivity index (χ0v) is 16.1. The van der Waals surface area contributed by atoms with E-state index in [0.717, 1.165) is 28.2 Å². The van der Waals surface area contributed by atoms with Gasteiger partial charge < -0.3 is 24.5 Å². The molecule has 8 heteroatoms. The number of cyclic esters (lactones) is 2. The van der Waals surface area contributed by atoms with Gasteiger partial charge in [-0.1, -0.05) is 0 Å². The fourth-order valence-corrected chi connectivity index (χ4v) is 2.91. The molecule has 3 aromatic rings. The van der Waals surface area contributed by atoms with E-state index in [2.05, 4.69) is 15.3 Å². The Morgan fingerprint density at radius 2 is 1.76 bits per heavy atom. The van der Waals surface area contributed by atoms with Crippen molar-refractivity contribution >= 4 is 28.7 Å². The van der Waals surface area contributed by atoms with Crippen LogP contribution in [0.5, 0.6) is 5.75 Å². The summed E-state index contributed by atoms with van der Waals surface area (Å²) >= 11 is 0. The molecule has 1 aromatic heterocycles. The van der Waals surface area contributed by atoms with Gasteiger partial charge in [-0.05, 0) is 36.4 Å². The van der Waals surface area contributed by atoms with Crippen molar-refractivity contribution in [1.29, 1.82) is 0 Å². The maximum absolute atomic E-state index is 12.0. The first-order chi connectivity index (χ1) is 13.8. The zero-order valence-electron chi connectivity index (χ0n) is 16.1. The summed E-state index contributed by atoms with van der Waals surface area (Å²) in [5.74, 6) is -1.24. The quantitative estimate of drug-likeness (QED) is 0.398. The van der Waals surface area contributed by atoms with Crippen LogP contribution in [-0.4, -0.2) is 34.8 Å². The maximum Gasteiger partial charge on any atom is 0.350 e. The molecule has 2 N–H and O–H groups in total. The molecule has 0 bridgehead atoms. The third-order valence-electron chi connectivity index (χ3n) is 4.35. The lowest BCUT2D eigenvalue weighted by molar-refractivity contribution is -0.222. The number of methoxy groups -OCH3 is 1. The van der Waals surface area contributed by atoms with Gasteiger partial charge in [0.2, 0.25) is 0 Å². The Bertz CT molecular complexity index is 1110. The molecule has 2 aromatic carbocycles. The molecular weight excluding hydrogens is 374 g/mol. The van der Waals surface area contributed by atoms with Crippen molar-refractivity contribution in [3.8, 4) is 17.1 Å². The summed E-state index contributed by atoms with van der Waals surface area (Å²) in [5.41, 5.74) is 3.09. The highest BCUT2D eigenvalue weighted by molar-refractivity contribution is 6.15. The smallest absolute Gasteiger partial charge is 0.350 e. The van der Waals surface area contributed by atoms with Crippen LogP contribution in [0.25, 0.3) is 22.4 Å². The minimum Gasteiger partial charge on any atom is -0.497 e. The van der Waals surface area contributed by atoms with Gasteiger partial charge in [0, 0.05) is 37.4 Å². The first kappa shape index (κ1) is 18.5. The largest absolute Gasteiger partial charge is 0.497 e. The molecule has 0 radical (unpaired) electrons. The lowest BCUT2D eigenvalue weighted by Crippen LogP contribution is -2.42. The van der Waals surface area contributed by atoms with Crippen molar-refractivity contribution in [3.63, 3.8) is 0 Å². The Kier molecular flexibility index (Phi) is 4.46. The molecule has 1 aliphatic heterocycles. The van der Waals surface area contributed by atoms with Gasteiger partial charge in [0.05, 0.1) is 18.1 Å². The molecule has 1 fully saturated rings. The van der Waals surface area contributed by atoms with Crippen LogP contribution in [0, 0.1) is 0 Å². The lowest BCUT2D eigenvalue weighted by atomic mass is 10.2. The average molecular weight is 393 g/mol. The van der Waals surface area contributed by atoms with Gasteiger partial charge in [0.1, 0.15) is 11.6 Å². The number of fused-ring (bicyclic) bond motifs is 1. The number of nitrogens with one attached hydrogen (secondary N) is 2. The average Bonchev–Trinajstić information content (AvgIpc) is 3.10. The molecule has 0 unspecified atom stereocenters. The molecule has 0 saturated carbocycles. The van der Waals surface area contributed by atoms with Gasteiger partial charge in [-0.2, -0.15) is 0 Å². The molecule has 148 valence electrons. The number of esters is 2. The summed E-state index contributed by atoms with van der Waals surface area (Å²) in [6, 6.07) is 13.0. The second kappa shape index (κ2) is 6.97. The van der Waals surface area contributed by atoms with Crippen LogP contribution in [0.3, 0.4) is 0 Å². The number of ether oxygens (including phenoxy) is 3. The van der Waals surface area contributed by atoms with Gasteiger partial charge in [0.25, 0.3) is 5.79 Å². The highest BCUT2D eigenvalue weighted by atomic mass is 16.7. The highest BCUT2D eigenvalue weighted by Crippen LogP contribution is 2.26. The van der Waals surface area contributed by atoms with E-state index in [4.69, 9.17) is 14.2 Å². The van der Waals surface area contributed by atoms with E-state index < -0.39 is 17.7 Å². The van der Waals surface area contributed by atoms with Crippen LogP contribution in [0.15, 0.2) is 54.2 Å². The molecule has 1 aliphatic rings. The van der Waals surface area contributed by atoms with Crippen molar-refractivity contribution in [2.24, 2.45) is 0 Å². The molecule has 1 saturated heterocycles. The van der Waals surface area contributed by atoms with E-state index in [1.807, 2.05) is 42.5 Å². The molecule has 29 heavy (non-hydrogen) atoms. The zero-order chi connectivity index (χ0) is 20.6. The summed E-state index contributed by atoms with van der Waals surface area (Å²) in [6.07, 6.45) is 1.28. The van der Waals surface area contributed by atoms with Crippen LogP contribution < -0.4 is 10.1 Å². The number of hydrogen-bond donors (Lipinski definition) is 2. The second-order valence-electron chi connectivity index (χ2n) is 6.93. The van der Waals surface area contributed by atoms with Crippen LogP contribution in [0.2, 0.25) is 0 Å². The van der Waals surface area contributed by atoms with E-state index in [0.29, 0.717) is 5.69 Å². The number of aromatic amines is 1. The monoisotopic (exact) mass is 393 g/mol. The minimum atomic E-state index is -1.26. The number of benzene rings is 2. The number of hydrogen-bond acceptors (Lipinski definition) is 7. The number of carbonyl (C=O) groups is 2. The first-order valence-electron chi connectivity index (χ1n) is 8.92. The number of aromatic nitrogens is 2. The van der Waals surface area contributed by atoms with Crippen molar-refractivity contribution < 1.29 is 23.8 Å². The second-order valence-corrected chi connectivity index (χ2v) is 6.93. The molecule has 0 spiro atoms. The molecule has 0 amide bonds. The molecule has 2 heterocycles. The molecular formula is C21H19N3O5. The Morgan fingerprint density at radius 3 is 2.41 bits per heavy atom. The number of H-pyrrole nitrogens is 1. The summed E-state index contributed by atoms with van der Waals surface area (Å²) in [4.78, 5) is 31.8. The minimum absolute atomic E-state index is 0.195. The maximum atomic E-state index is 12.0. The third-order valence-corrected chi connectivity index (χ3v) is 4.35. The Morgan fingerprint density at radius 1 is 1.07 bits per heavy atom. The molecule has 0 atom stereocenters. The van der Waals surface area contributed by atoms with E-state index >= 15 is 0 Å². The highest BCUT2D eigenvalue weighted by Gasteiger charge is 2.38. The molecule has 8 nitrogen and oxygen atoms in total. The predicted molar refractivity (Wildman–Crippen MR) is 106 cm³/mol. The lowest BCUT2D eigenvalue weighted by Gasteiger charge is -2.29. The van der Waals surface area contributed by atoms with Crippen LogP contribution in [0.1, 0.15) is 13.8 Å². The van der Waals surface area contributed by atoms with E-state index in [1.165, 1.54) is 20.0 Å². The van der Waals surface area contributed by atoms with Gasteiger partial charge in [-0.3, -0.25) is 0 Å². The Hall–Kier alpha value is -3.81. The number of anilines is 1. The van der Waals surface area contributed by atoms with Crippen molar-refractivity contribution in [3.05, 3.63) is 54.2 Å². The van der Waals surface area contributed by atoms with E-state index in [1.54, 1.807) is 7.11 Å².